The number of rotatable bonds is 6. The van der Waals surface area contributed by atoms with Crippen molar-refractivity contribution in [2.24, 2.45) is 5.10 Å². The highest BCUT2D eigenvalue weighted by Crippen LogP contribution is 2.33. The first-order chi connectivity index (χ1) is 7.24. The van der Waals surface area contributed by atoms with Crippen molar-refractivity contribution >= 4 is 6.72 Å². The first-order valence-electron chi connectivity index (χ1n) is 5.77. The van der Waals surface area contributed by atoms with Crippen molar-refractivity contribution in [3.8, 4) is 0 Å². The largest absolute Gasteiger partial charge is 0.377 e. The summed E-state index contributed by atoms with van der Waals surface area (Å²) >= 11 is 0. The lowest BCUT2D eigenvalue weighted by molar-refractivity contribution is -0.0842. The van der Waals surface area contributed by atoms with Gasteiger partial charge in [-0.25, -0.2) is 10.5 Å². The maximum atomic E-state index is 5.75. The van der Waals surface area contributed by atoms with Gasteiger partial charge >= 0.3 is 0 Å². The fraction of sp³-hybridized carbons (Fsp3) is 0.909. The van der Waals surface area contributed by atoms with Gasteiger partial charge in [0.1, 0.15) is 0 Å². The summed E-state index contributed by atoms with van der Waals surface area (Å²) in [5.74, 6) is 0. The van der Waals surface area contributed by atoms with Crippen molar-refractivity contribution in [2.75, 3.05) is 13.7 Å². The molecule has 0 saturated carbocycles. The van der Waals surface area contributed by atoms with E-state index < -0.39 is 0 Å². The Bertz CT molecular complexity index is 196. The van der Waals surface area contributed by atoms with Gasteiger partial charge in [-0.3, -0.25) is 0 Å². The van der Waals surface area contributed by atoms with Gasteiger partial charge in [0.05, 0.1) is 11.6 Å². The second kappa shape index (κ2) is 5.47. The van der Waals surface area contributed by atoms with Gasteiger partial charge in [0.15, 0.2) is 0 Å². The minimum atomic E-state index is -0.0474. The minimum absolute atomic E-state index is 0.0474. The molecule has 15 heavy (non-hydrogen) atoms. The number of ether oxygens (including phenoxy) is 1. The first kappa shape index (κ1) is 12.5. The SMILES string of the molecule is C=NNN1CCC[C@H]1C(CC)(CC)OC. The van der Waals surface area contributed by atoms with E-state index >= 15 is 0 Å². The summed E-state index contributed by atoms with van der Waals surface area (Å²) < 4.78 is 5.75. The van der Waals surface area contributed by atoms with E-state index in [1.54, 1.807) is 0 Å². The molecule has 1 N–H and O–H groups in total. The van der Waals surface area contributed by atoms with Crippen molar-refractivity contribution in [3.63, 3.8) is 0 Å². The van der Waals surface area contributed by atoms with Crippen molar-refractivity contribution in [1.82, 2.24) is 10.5 Å². The number of nitrogens with zero attached hydrogens (tertiary/aromatic N) is 2. The standard InChI is InChI=1S/C11H23N3O/c1-5-11(6-2,15-4)10-8-7-9-14(10)13-12-3/h10,13H,3,5-9H2,1-2,4H3/t10-/m0/s1. The average molecular weight is 213 g/mol. The molecule has 1 aliphatic heterocycles. The summed E-state index contributed by atoms with van der Waals surface area (Å²) in [5, 5.41) is 5.91. The molecule has 1 saturated heterocycles. The predicted octanol–water partition coefficient (Wildman–Crippen LogP) is 1.78. The zero-order chi connectivity index (χ0) is 11.3. The summed E-state index contributed by atoms with van der Waals surface area (Å²) in [6.45, 7) is 8.87. The molecule has 0 amide bonds. The molecular weight excluding hydrogens is 190 g/mol. The van der Waals surface area contributed by atoms with E-state index in [0.29, 0.717) is 6.04 Å². The van der Waals surface area contributed by atoms with Crippen LogP contribution in [0.4, 0.5) is 0 Å². The van der Waals surface area contributed by atoms with Crippen LogP contribution in [0.25, 0.3) is 0 Å². The smallest absolute Gasteiger partial charge is 0.0846 e. The van der Waals surface area contributed by atoms with E-state index in [4.69, 9.17) is 4.74 Å². The highest BCUT2D eigenvalue weighted by molar-refractivity contribution is 5.22. The van der Waals surface area contributed by atoms with Gasteiger partial charge in [0.25, 0.3) is 0 Å². The van der Waals surface area contributed by atoms with Crippen LogP contribution >= 0.6 is 0 Å². The first-order valence-corrected chi connectivity index (χ1v) is 5.77. The number of nitrogens with one attached hydrogen (secondary N) is 1. The van der Waals surface area contributed by atoms with Gasteiger partial charge < -0.3 is 4.74 Å². The van der Waals surface area contributed by atoms with Gasteiger partial charge in [-0.2, -0.15) is 5.10 Å². The van der Waals surface area contributed by atoms with Crippen LogP contribution in [-0.4, -0.2) is 37.0 Å². The zero-order valence-corrected chi connectivity index (χ0v) is 10.1. The zero-order valence-electron chi connectivity index (χ0n) is 10.1. The second-order valence-corrected chi connectivity index (χ2v) is 4.09. The van der Waals surface area contributed by atoms with Crippen LogP contribution in [0.5, 0.6) is 0 Å². The van der Waals surface area contributed by atoms with E-state index in [-0.39, 0.29) is 5.60 Å². The summed E-state index contributed by atoms with van der Waals surface area (Å²) in [4.78, 5) is 0. The third kappa shape index (κ3) is 2.32. The van der Waals surface area contributed by atoms with E-state index in [0.717, 1.165) is 25.8 Å². The highest BCUT2D eigenvalue weighted by atomic mass is 16.5. The summed E-state index contributed by atoms with van der Waals surface area (Å²) in [6, 6.07) is 0.406. The summed E-state index contributed by atoms with van der Waals surface area (Å²) in [7, 11) is 1.81. The van der Waals surface area contributed by atoms with Gasteiger partial charge in [0.2, 0.25) is 0 Å². The van der Waals surface area contributed by atoms with Crippen molar-refractivity contribution in [1.29, 1.82) is 0 Å². The lowest BCUT2D eigenvalue weighted by Crippen LogP contribution is -2.53. The fourth-order valence-corrected chi connectivity index (χ4v) is 2.67. The monoisotopic (exact) mass is 213 g/mol. The Hall–Kier alpha value is -0.610. The van der Waals surface area contributed by atoms with Crippen LogP contribution in [0.1, 0.15) is 39.5 Å². The quantitative estimate of drug-likeness (QED) is 0.540. The van der Waals surface area contributed by atoms with Crippen LogP contribution < -0.4 is 5.53 Å². The van der Waals surface area contributed by atoms with Crippen molar-refractivity contribution in [2.45, 2.75) is 51.2 Å². The molecule has 0 spiro atoms. The number of methoxy groups -OCH3 is 1. The molecule has 0 aromatic rings. The van der Waals surface area contributed by atoms with Crippen LogP contribution in [0.2, 0.25) is 0 Å². The molecule has 0 unspecified atom stereocenters. The predicted molar refractivity (Wildman–Crippen MR) is 62.7 cm³/mol. The molecule has 0 radical (unpaired) electrons. The van der Waals surface area contributed by atoms with Gasteiger partial charge in [-0.15, -0.1) is 0 Å². The number of hydrogen-bond acceptors (Lipinski definition) is 4. The lowest BCUT2D eigenvalue weighted by Gasteiger charge is -2.40. The van der Waals surface area contributed by atoms with E-state index in [1.807, 2.05) is 7.11 Å². The minimum Gasteiger partial charge on any atom is -0.377 e. The number of hydrazine groups is 1. The molecule has 1 fully saturated rings. The van der Waals surface area contributed by atoms with E-state index in [1.165, 1.54) is 6.42 Å². The number of hydrazone groups is 1. The third-order valence-electron chi connectivity index (χ3n) is 3.66. The van der Waals surface area contributed by atoms with Gasteiger partial charge in [-0.05, 0) is 25.7 Å². The van der Waals surface area contributed by atoms with Crippen LogP contribution in [0, 0.1) is 0 Å². The molecule has 88 valence electrons. The molecule has 1 atom stereocenters. The average Bonchev–Trinajstić information content (AvgIpc) is 2.71. The fourth-order valence-electron chi connectivity index (χ4n) is 2.67. The molecule has 4 nitrogen and oxygen atoms in total. The Kier molecular flexibility index (Phi) is 4.54. The Morgan fingerprint density at radius 2 is 2.20 bits per heavy atom. The molecule has 0 aromatic carbocycles. The normalized spacial score (nSPS) is 23.0. The van der Waals surface area contributed by atoms with Crippen LogP contribution in [-0.2, 0) is 4.74 Å². The molecular formula is C11H23N3O. The molecule has 1 heterocycles. The van der Waals surface area contributed by atoms with E-state index in [2.05, 4.69) is 36.2 Å². The molecule has 1 rings (SSSR count). The van der Waals surface area contributed by atoms with Gasteiger partial charge in [-0.1, -0.05) is 13.8 Å². The Morgan fingerprint density at radius 3 is 2.67 bits per heavy atom. The maximum Gasteiger partial charge on any atom is 0.0846 e. The van der Waals surface area contributed by atoms with E-state index in [9.17, 15) is 0 Å². The molecule has 4 heteroatoms. The van der Waals surface area contributed by atoms with Crippen molar-refractivity contribution < 1.29 is 4.74 Å². The molecule has 0 aliphatic carbocycles. The summed E-state index contributed by atoms with van der Waals surface area (Å²) in [6.07, 6.45) is 4.41. The third-order valence-corrected chi connectivity index (χ3v) is 3.66. The summed E-state index contributed by atoms with van der Waals surface area (Å²) in [5.41, 5.74) is 2.92. The molecule has 0 bridgehead atoms. The second-order valence-electron chi connectivity index (χ2n) is 4.09. The highest BCUT2D eigenvalue weighted by Gasteiger charge is 2.42. The Labute approximate surface area is 92.6 Å². The topological polar surface area (TPSA) is 36.9 Å². The van der Waals surface area contributed by atoms with Crippen LogP contribution in [0.15, 0.2) is 5.10 Å². The van der Waals surface area contributed by atoms with Crippen LogP contribution in [0.3, 0.4) is 0 Å². The Balaban J connectivity index is 2.77. The Morgan fingerprint density at radius 1 is 1.53 bits per heavy atom. The number of hydrogen-bond donors (Lipinski definition) is 1. The lowest BCUT2D eigenvalue weighted by atomic mass is 9.87. The van der Waals surface area contributed by atoms with Gasteiger partial charge in [0, 0.05) is 20.4 Å². The molecule has 0 aromatic heterocycles. The molecule has 1 aliphatic rings. The van der Waals surface area contributed by atoms with Crippen molar-refractivity contribution in [3.05, 3.63) is 0 Å². The maximum absolute atomic E-state index is 5.75.